The molecule has 3 rings (SSSR count). The van der Waals surface area contributed by atoms with Gasteiger partial charge in [-0.1, -0.05) is 30.3 Å². The summed E-state index contributed by atoms with van der Waals surface area (Å²) in [5.41, 5.74) is 1.68. The maximum Gasteiger partial charge on any atom is 0.343 e. The van der Waals surface area contributed by atoms with Crippen molar-refractivity contribution in [3.8, 4) is 5.88 Å². The van der Waals surface area contributed by atoms with Crippen molar-refractivity contribution in [1.29, 1.82) is 0 Å². The lowest BCUT2D eigenvalue weighted by Crippen LogP contribution is -2.38. The molecule has 0 amide bonds. The van der Waals surface area contributed by atoms with E-state index in [1.165, 1.54) is 19.8 Å². The van der Waals surface area contributed by atoms with Crippen molar-refractivity contribution in [2.24, 2.45) is 0 Å². The van der Waals surface area contributed by atoms with Crippen molar-refractivity contribution in [1.82, 2.24) is 9.88 Å². The first-order valence-electron chi connectivity index (χ1n) is 8.85. The smallest absolute Gasteiger partial charge is 0.343 e. The molecule has 1 aliphatic heterocycles. The van der Waals surface area contributed by atoms with Crippen LogP contribution in [0, 0.1) is 0 Å². The van der Waals surface area contributed by atoms with Crippen molar-refractivity contribution >= 4 is 11.8 Å². The Labute approximate surface area is 154 Å². The molecule has 2 heterocycles. The van der Waals surface area contributed by atoms with E-state index >= 15 is 0 Å². The molecule has 1 N–H and O–H groups in total. The average molecular weight is 355 g/mol. The fourth-order valence-corrected chi connectivity index (χ4v) is 3.23. The van der Waals surface area contributed by atoms with Gasteiger partial charge in [-0.25, -0.2) is 4.79 Å². The Bertz CT molecular complexity index is 728. The van der Waals surface area contributed by atoms with Crippen LogP contribution in [0.25, 0.3) is 0 Å². The Kier molecular flexibility index (Phi) is 6.07. The Hall–Kier alpha value is -2.60. The number of piperidine rings is 1. The summed E-state index contributed by atoms with van der Waals surface area (Å²) in [5, 5.41) is 3.45. The highest BCUT2D eigenvalue weighted by Gasteiger charge is 2.21. The number of esters is 1. The van der Waals surface area contributed by atoms with Crippen LogP contribution < -0.4 is 10.1 Å². The van der Waals surface area contributed by atoms with E-state index in [2.05, 4.69) is 39.5 Å². The summed E-state index contributed by atoms with van der Waals surface area (Å²) < 4.78 is 9.97. The fourth-order valence-electron chi connectivity index (χ4n) is 3.23. The molecular weight excluding hydrogens is 330 g/mol. The molecule has 2 aromatic rings. The second-order valence-corrected chi connectivity index (χ2v) is 6.43. The van der Waals surface area contributed by atoms with Crippen LogP contribution in [0.1, 0.15) is 28.8 Å². The number of aromatic nitrogens is 1. The van der Waals surface area contributed by atoms with Crippen molar-refractivity contribution in [2.75, 3.05) is 32.6 Å². The number of pyridine rings is 1. The maximum absolute atomic E-state index is 11.7. The van der Waals surface area contributed by atoms with E-state index in [-0.39, 0.29) is 5.88 Å². The van der Waals surface area contributed by atoms with Gasteiger partial charge in [-0.05, 0) is 30.5 Å². The zero-order valence-electron chi connectivity index (χ0n) is 15.3. The first kappa shape index (κ1) is 18.2. The lowest BCUT2D eigenvalue weighted by atomic mass is 10.0. The number of rotatable bonds is 6. The van der Waals surface area contributed by atoms with Crippen LogP contribution in [-0.4, -0.2) is 49.2 Å². The van der Waals surface area contributed by atoms with Gasteiger partial charge in [0, 0.05) is 25.7 Å². The molecule has 1 aromatic heterocycles. The van der Waals surface area contributed by atoms with Gasteiger partial charge < -0.3 is 14.8 Å². The van der Waals surface area contributed by atoms with Gasteiger partial charge in [-0.2, -0.15) is 4.98 Å². The molecule has 0 spiro atoms. The number of nitrogens with one attached hydrogen (secondary N) is 1. The number of ether oxygens (including phenoxy) is 2. The highest BCUT2D eigenvalue weighted by molar-refractivity contribution is 5.92. The highest BCUT2D eigenvalue weighted by Crippen LogP contribution is 2.22. The summed E-state index contributed by atoms with van der Waals surface area (Å²) in [4.78, 5) is 18.6. The third kappa shape index (κ3) is 4.52. The number of hydrogen-bond donors (Lipinski definition) is 1. The summed E-state index contributed by atoms with van der Waals surface area (Å²) in [6, 6.07) is 14.4. The molecule has 0 bridgehead atoms. The molecule has 6 nitrogen and oxygen atoms in total. The largest absolute Gasteiger partial charge is 0.480 e. The summed E-state index contributed by atoms with van der Waals surface area (Å²) in [7, 11) is 2.85. The van der Waals surface area contributed by atoms with Crippen LogP contribution in [0.3, 0.4) is 0 Å². The van der Waals surface area contributed by atoms with Crippen LogP contribution in [0.15, 0.2) is 42.5 Å². The monoisotopic (exact) mass is 355 g/mol. The van der Waals surface area contributed by atoms with Crippen LogP contribution in [0.5, 0.6) is 5.88 Å². The van der Waals surface area contributed by atoms with Gasteiger partial charge in [0.15, 0.2) is 0 Å². The average Bonchev–Trinajstić information content (AvgIpc) is 2.69. The number of anilines is 1. The molecule has 1 aliphatic rings. The Morgan fingerprint density at radius 1 is 1.15 bits per heavy atom. The number of hydrogen-bond acceptors (Lipinski definition) is 6. The van der Waals surface area contributed by atoms with E-state index in [0.29, 0.717) is 11.6 Å². The summed E-state index contributed by atoms with van der Waals surface area (Å²) >= 11 is 0. The SMILES string of the molecule is COC(=O)c1ccc(NC2CCN(Cc3ccccc3)CC2)nc1OC. The minimum Gasteiger partial charge on any atom is -0.480 e. The topological polar surface area (TPSA) is 63.7 Å². The zero-order chi connectivity index (χ0) is 18.4. The summed E-state index contributed by atoms with van der Waals surface area (Å²) in [5.74, 6) is 0.550. The molecule has 0 aliphatic carbocycles. The minimum atomic E-state index is -0.449. The Morgan fingerprint density at radius 2 is 1.88 bits per heavy atom. The molecule has 1 fully saturated rings. The van der Waals surface area contributed by atoms with E-state index < -0.39 is 5.97 Å². The second-order valence-electron chi connectivity index (χ2n) is 6.43. The van der Waals surface area contributed by atoms with Gasteiger partial charge in [0.1, 0.15) is 11.4 Å². The lowest BCUT2D eigenvalue weighted by Gasteiger charge is -2.32. The van der Waals surface area contributed by atoms with Gasteiger partial charge in [0.2, 0.25) is 5.88 Å². The first-order chi connectivity index (χ1) is 12.7. The van der Waals surface area contributed by atoms with Gasteiger partial charge in [0.05, 0.1) is 14.2 Å². The van der Waals surface area contributed by atoms with E-state index in [1.54, 1.807) is 12.1 Å². The van der Waals surface area contributed by atoms with E-state index in [4.69, 9.17) is 9.47 Å². The standard InChI is InChI=1S/C20H25N3O3/c1-25-19-17(20(24)26-2)8-9-18(22-19)21-16-10-12-23(13-11-16)14-15-6-4-3-5-7-15/h3-9,16H,10-14H2,1-2H3,(H,21,22). The maximum atomic E-state index is 11.7. The molecule has 0 saturated carbocycles. The highest BCUT2D eigenvalue weighted by atomic mass is 16.5. The lowest BCUT2D eigenvalue weighted by molar-refractivity contribution is 0.0596. The molecule has 26 heavy (non-hydrogen) atoms. The number of carbonyl (C=O) groups is 1. The molecular formula is C20H25N3O3. The Morgan fingerprint density at radius 3 is 2.54 bits per heavy atom. The molecule has 6 heteroatoms. The second kappa shape index (κ2) is 8.67. The van der Waals surface area contributed by atoms with Crippen molar-refractivity contribution in [3.63, 3.8) is 0 Å². The van der Waals surface area contributed by atoms with Gasteiger partial charge >= 0.3 is 5.97 Å². The van der Waals surface area contributed by atoms with Gasteiger partial charge in [-0.15, -0.1) is 0 Å². The quantitative estimate of drug-likeness (QED) is 0.804. The molecule has 0 unspecified atom stereocenters. The van der Waals surface area contributed by atoms with Gasteiger partial charge in [0.25, 0.3) is 0 Å². The van der Waals surface area contributed by atoms with E-state index in [0.717, 1.165) is 38.3 Å². The number of nitrogens with zero attached hydrogens (tertiary/aromatic N) is 2. The molecule has 0 atom stereocenters. The van der Waals surface area contributed by atoms with Crippen LogP contribution in [0.2, 0.25) is 0 Å². The predicted octanol–water partition coefficient (Wildman–Crippen LogP) is 2.95. The van der Waals surface area contributed by atoms with Crippen LogP contribution in [-0.2, 0) is 11.3 Å². The Balaban J connectivity index is 1.55. The zero-order valence-corrected chi connectivity index (χ0v) is 15.3. The molecule has 138 valence electrons. The van der Waals surface area contributed by atoms with Gasteiger partial charge in [-0.3, -0.25) is 4.90 Å². The van der Waals surface area contributed by atoms with Crippen LogP contribution in [0.4, 0.5) is 5.82 Å². The van der Waals surface area contributed by atoms with Crippen molar-refractivity contribution in [3.05, 3.63) is 53.6 Å². The van der Waals surface area contributed by atoms with E-state index in [1.807, 2.05) is 6.07 Å². The first-order valence-corrected chi connectivity index (χ1v) is 8.85. The van der Waals surface area contributed by atoms with Crippen molar-refractivity contribution in [2.45, 2.75) is 25.4 Å². The molecule has 1 aromatic carbocycles. The van der Waals surface area contributed by atoms with E-state index in [9.17, 15) is 4.79 Å². The van der Waals surface area contributed by atoms with Crippen molar-refractivity contribution < 1.29 is 14.3 Å². The summed E-state index contributed by atoms with van der Waals surface area (Å²) in [6.45, 7) is 3.08. The number of benzene rings is 1. The minimum absolute atomic E-state index is 0.281. The predicted molar refractivity (Wildman–Crippen MR) is 100 cm³/mol. The number of carbonyl (C=O) groups excluding carboxylic acids is 1. The molecule has 0 radical (unpaired) electrons. The number of likely N-dealkylation sites (tertiary alicyclic amines) is 1. The normalized spacial score (nSPS) is 15.5. The fraction of sp³-hybridized carbons (Fsp3) is 0.400. The summed E-state index contributed by atoms with van der Waals surface area (Å²) in [6.07, 6.45) is 2.10. The number of methoxy groups -OCH3 is 2. The van der Waals surface area contributed by atoms with Crippen LogP contribution >= 0.6 is 0 Å². The molecule has 1 saturated heterocycles. The third-order valence-corrected chi connectivity index (χ3v) is 4.65. The third-order valence-electron chi connectivity index (χ3n) is 4.65.